The maximum absolute atomic E-state index is 12.2. The Morgan fingerprint density at radius 2 is 1.76 bits per heavy atom. The second kappa shape index (κ2) is 6.96. The Morgan fingerprint density at radius 1 is 1.19 bits per heavy atom. The van der Waals surface area contributed by atoms with Gasteiger partial charge in [-0.2, -0.15) is 13.2 Å². The number of carbonyl (C=O) groups excluding carboxylic acids is 1. The normalized spacial score (nSPS) is 11.0. The minimum Gasteiger partial charge on any atom is -0.480 e. The van der Waals surface area contributed by atoms with Crippen LogP contribution in [0.3, 0.4) is 0 Å². The fourth-order valence-corrected chi connectivity index (χ4v) is 1.61. The maximum Gasteiger partial charge on any atom is 0.390 e. The number of benzene rings is 1. The summed E-state index contributed by atoms with van der Waals surface area (Å²) in [6, 6.07) is 7.12. The molecule has 2 amide bonds. The number of anilines is 1. The highest BCUT2D eigenvalue weighted by molar-refractivity contribution is 5.96. The first-order valence-corrected chi connectivity index (χ1v) is 6.07. The third kappa shape index (κ3) is 5.72. The Kier molecular flexibility index (Phi) is 5.57. The molecule has 0 unspecified atom stereocenters. The first kappa shape index (κ1) is 16.8. The number of para-hydroxylation sites is 1. The van der Waals surface area contributed by atoms with Gasteiger partial charge in [-0.1, -0.05) is 18.2 Å². The lowest BCUT2D eigenvalue weighted by molar-refractivity contribution is -0.137. The summed E-state index contributed by atoms with van der Waals surface area (Å²) in [5, 5.41) is 8.84. The van der Waals surface area contributed by atoms with Crippen molar-refractivity contribution in [3.8, 4) is 0 Å². The van der Waals surface area contributed by atoms with Crippen LogP contribution in [0.2, 0.25) is 0 Å². The Hall–Kier alpha value is -2.25. The summed E-state index contributed by atoms with van der Waals surface area (Å²) >= 11 is 0. The van der Waals surface area contributed by atoms with Crippen LogP contribution in [0.25, 0.3) is 0 Å². The SMILES string of the molecule is CN(CCC(F)(F)F)C(=O)N(CC(=O)O)c1ccccc1. The van der Waals surface area contributed by atoms with Crippen LogP contribution in [-0.4, -0.2) is 48.3 Å². The maximum atomic E-state index is 12.2. The fourth-order valence-electron chi connectivity index (χ4n) is 1.61. The number of hydrogen-bond donors (Lipinski definition) is 1. The Labute approximate surface area is 119 Å². The van der Waals surface area contributed by atoms with Crippen LogP contribution >= 0.6 is 0 Å². The number of halogens is 3. The molecule has 21 heavy (non-hydrogen) atoms. The minimum absolute atomic E-state index is 0.309. The van der Waals surface area contributed by atoms with E-state index >= 15 is 0 Å². The van der Waals surface area contributed by atoms with E-state index in [1.165, 1.54) is 19.2 Å². The minimum atomic E-state index is -4.38. The van der Waals surface area contributed by atoms with Crippen molar-refractivity contribution in [2.24, 2.45) is 0 Å². The molecule has 8 heteroatoms. The van der Waals surface area contributed by atoms with Gasteiger partial charge in [-0.05, 0) is 12.1 Å². The van der Waals surface area contributed by atoms with Crippen molar-refractivity contribution in [3.63, 3.8) is 0 Å². The highest BCUT2D eigenvalue weighted by Crippen LogP contribution is 2.20. The lowest BCUT2D eigenvalue weighted by Gasteiger charge is -2.27. The molecule has 0 radical (unpaired) electrons. The average Bonchev–Trinajstić information content (AvgIpc) is 2.41. The average molecular weight is 304 g/mol. The number of hydrogen-bond acceptors (Lipinski definition) is 2. The third-order valence-corrected chi connectivity index (χ3v) is 2.65. The molecule has 0 saturated heterocycles. The van der Waals surface area contributed by atoms with Gasteiger partial charge in [-0.15, -0.1) is 0 Å². The first-order chi connectivity index (χ1) is 9.70. The van der Waals surface area contributed by atoms with Crippen molar-refractivity contribution in [2.75, 3.05) is 25.0 Å². The molecule has 0 aliphatic rings. The monoisotopic (exact) mass is 304 g/mol. The molecule has 0 bridgehead atoms. The van der Waals surface area contributed by atoms with Gasteiger partial charge in [0.2, 0.25) is 0 Å². The van der Waals surface area contributed by atoms with Crippen LogP contribution in [0.1, 0.15) is 6.42 Å². The van der Waals surface area contributed by atoms with Crippen LogP contribution in [-0.2, 0) is 4.79 Å². The van der Waals surface area contributed by atoms with E-state index in [0.717, 1.165) is 9.80 Å². The largest absolute Gasteiger partial charge is 0.480 e. The molecule has 1 aromatic carbocycles. The predicted molar refractivity (Wildman–Crippen MR) is 70.1 cm³/mol. The summed E-state index contributed by atoms with van der Waals surface area (Å²) in [5.41, 5.74) is 0.309. The van der Waals surface area contributed by atoms with Crippen molar-refractivity contribution in [1.82, 2.24) is 4.90 Å². The molecule has 0 aliphatic carbocycles. The van der Waals surface area contributed by atoms with Gasteiger partial charge >= 0.3 is 18.2 Å². The van der Waals surface area contributed by atoms with Gasteiger partial charge in [0.15, 0.2) is 0 Å². The van der Waals surface area contributed by atoms with Gasteiger partial charge < -0.3 is 10.0 Å². The molecule has 0 fully saturated rings. The molecule has 0 aromatic heterocycles. The van der Waals surface area contributed by atoms with Crippen molar-refractivity contribution < 1.29 is 27.9 Å². The van der Waals surface area contributed by atoms with E-state index in [-0.39, 0.29) is 0 Å². The van der Waals surface area contributed by atoms with Crippen molar-refractivity contribution >= 4 is 17.7 Å². The number of urea groups is 1. The molecule has 5 nitrogen and oxygen atoms in total. The molecule has 0 atom stereocenters. The van der Waals surface area contributed by atoms with Gasteiger partial charge in [0.1, 0.15) is 6.54 Å². The Morgan fingerprint density at radius 3 is 2.24 bits per heavy atom. The summed E-state index contributed by atoms with van der Waals surface area (Å²) in [5.74, 6) is -1.25. The van der Waals surface area contributed by atoms with E-state index in [9.17, 15) is 22.8 Å². The van der Waals surface area contributed by atoms with Gasteiger partial charge in [-0.25, -0.2) is 4.79 Å². The van der Waals surface area contributed by atoms with Crippen molar-refractivity contribution in [3.05, 3.63) is 30.3 Å². The zero-order chi connectivity index (χ0) is 16.0. The van der Waals surface area contributed by atoms with E-state index < -0.39 is 37.7 Å². The van der Waals surface area contributed by atoms with Gasteiger partial charge in [0.25, 0.3) is 0 Å². The number of carbonyl (C=O) groups is 2. The molecule has 1 aromatic rings. The summed E-state index contributed by atoms with van der Waals surface area (Å²) in [6.07, 6.45) is -5.52. The Bertz CT molecular complexity index is 491. The number of aliphatic carboxylic acids is 1. The number of carboxylic acids is 1. The van der Waals surface area contributed by atoms with Crippen LogP contribution in [0.4, 0.5) is 23.7 Å². The topological polar surface area (TPSA) is 60.9 Å². The number of rotatable bonds is 5. The van der Waals surface area contributed by atoms with Gasteiger partial charge in [0.05, 0.1) is 6.42 Å². The zero-order valence-electron chi connectivity index (χ0n) is 11.3. The number of carboxylic acid groups (broad SMARTS) is 1. The third-order valence-electron chi connectivity index (χ3n) is 2.65. The fraction of sp³-hybridized carbons (Fsp3) is 0.385. The predicted octanol–water partition coefficient (Wildman–Crippen LogP) is 2.58. The molecule has 0 saturated carbocycles. The van der Waals surface area contributed by atoms with Gasteiger partial charge in [0, 0.05) is 19.3 Å². The molecule has 0 spiro atoms. The molecular weight excluding hydrogens is 289 g/mol. The smallest absolute Gasteiger partial charge is 0.390 e. The zero-order valence-corrected chi connectivity index (χ0v) is 11.3. The standard InChI is InChI=1S/C13H15F3N2O3/c1-17(8-7-13(14,15)16)12(21)18(9-11(19)20)10-5-3-2-4-6-10/h2-6H,7-9H2,1H3,(H,19,20). The number of alkyl halides is 3. The second-order valence-electron chi connectivity index (χ2n) is 4.38. The van der Waals surface area contributed by atoms with E-state index in [1.807, 2.05) is 0 Å². The second-order valence-corrected chi connectivity index (χ2v) is 4.38. The molecule has 0 heterocycles. The van der Waals surface area contributed by atoms with Crippen LogP contribution in [0, 0.1) is 0 Å². The molecule has 0 aliphatic heterocycles. The molecule has 1 rings (SSSR count). The van der Waals surface area contributed by atoms with Gasteiger partial charge in [-0.3, -0.25) is 9.69 Å². The lowest BCUT2D eigenvalue weighted by atomic mass is 10.3. The highest BCUT2D eigenvalue weighted by atomic mass is 19.4. The molecular formula is C13H15F3N2O3. The lowest BCUT2D eigenvalue weighted by Crippen LogP contribution is -2.44. The summed E-state index contributed by atoms with van der Waals surface area (Å²) in [6.45, 7) is -1.16. The first-order valence-electron chi connectivity index (χ1n) is 6.07. The van der Waals surface area contributed by atoms with Crippen molar-refractivity contribution in [1.29, 1.82) is 0 Å². The summed E-state index contributed by atoms with van der Waals surface area (Å²) in [7, 11) is 1.20. The van der Waals surface area contributed by atoms with Crippen LogP contribution in [0.15, 0.2) is 30.3 Å². The highest BCUT2D eigenvalue weighted by Gasteiger charge is 2.29. The van der Waals surface area contributed by atoms with E-state index in [4.69, 9.17) is 5.11 Å². The number of amides is 2. The van der Waals surface area contributed by atoms with E-state index in [0.29, 0.717) is 5.69 Å². The molecule has 1 N–H and O–H groups in total. The van der Waals surface area contributed by atoms with E-state index in [2.05, 4.69) is 0 Å². The van der Waals surface area contributed by atoms with Crippen LogP contribution < -0.4 is 4.90 Å². The van der Waals surface area contributed by atoms with Crippen LogP contribution in [0.5, 0.6) is 0 Å². The number of nitrogens with zero attached hydrogens (tertiary/aromatic N) is 2. The van der Waals surface area contributed by atoms with E-state index in [1.54, 1.807) is 18.2 Å². The van der Waals surface area contributed by atoms with Crippen molar-refractivity contribution in [2.45, 2.75) is 12.6 Å². The quantitative estimate of drug-likeness (QED) is 0.909. The Balaban J connectivity index is 2.83. The molecule has 116 valence electrons. The summed E-state index contributed by atoms with van der Waals surface area (Å²) < 4.78 is 36.5. The summed E-state index contributed by atoms with van der Waals surface area (Å²) in [4.78, 5) is 24.7.